The van der Waals surface area contributed by atoms with Gasteiger partial charge in [0.05, 0.1) is 5.69 Å². The lowest BCUT2D eigenvalue weighted by atomic mass is 10.2. The Labute approximate surface area is 78.5 Å². The molecule has 1 aromatic rings. The summed E-state index contributed by atoms with van der Waals surface area (Å²) < 4.78 is 4.61. The first-order valence-electron chi connectivity index (χ1n) is 3.60. The quantitative estimate of drug-likeness (QED) is 0.252. The summed E-state index contributed by atoms with van der Waals surface area (Å²) in [4.78, 5) is 22.3. The van der Waals surface area contributed by atoms with Crippen LogP contribution < -0.4 is 22.5 Å². The largest absolute Gasteiger partial charge is 0.350 e. The van der Waals surface area contributed by atoms with Gasteiger partial charge in [-0.1, -0.05) is 5.16 Å². The molecule has 0 aliphatic rings. The second kappa shape index (κ2) is 3.85. The number of hydrogen-bond donors (Lipinski definition) is 4. The Morgan fingerprint density at radius 3 is 2.36 bits per heavy atom. The van der Waals surface area contributed by atoms with Gasteiger partial charge in [0.25, 0.3) is 5.91 Å². The molecule has 0 aromatic carbocycles. The Balaban J connectivity index is 3.19. The lowest BCUT2D eigenvalue weighted by Gasteiger charge is -1.98. The van der Waals surface area contributed by atoms with Gasteiger partial charge < -0.3 is 4.52 Å². The number of aromatic nitrogens is 1. The van der Waals surface area contributed by atoms with Gasteiger partial charge in [-0.3, -0.25) is 20.4 Å². The maximum atomic E-state index is 11.2. The fourth-order valence-electron chi connectivity index (χ4n) is 0.930. The van der Waals surface area contributed by atoms with Gasteiger partial charge in [-0.15, -0.1) is 0 Å². The van der Waals surface area contributed by atoms with Crippen LogP contribution in [0.2, 0.25) is 0 Å². The third-order valence-electron chi connectivity index (χ3n) is 1.56. The molecule has 6 N–H and O–H groups in total. The summed E-state index contributed by atoms with van der Waals surface area (Å²) >= 11 is 0. The Morgan fingerprint density at radius 1 is 1.29 bits per heavy atom. The van der Waals surface area contributed by atoms with E-state index in [4.69, 9.17) is 11.7 Å². The van der Waals surface area contributed by atoms with Gasteiger partial charge in [0, 0.05) is 0 Å². The summed E-state index contributed by atoms with van der Waals surface area (Å²) in [6.07, 6.45) is 0. The van der Waals surface area contributed by atoms with Crippen LogP contribution in [0, 0.1) is 6.92 Å². The minimum absolute atomic E-state index is 0.0320. The molecule has 0 fully saturated rings. The van der Waals surface area contributed by atoms with E-state index in [1.807, 2.05) is 10.9 Å². The summed E-state index contributed by atoms with van der Waals surface area (Å²) in [6, 6.07) is 0. The molecule has 1 rings (SSSR count). The number of carbonyl (C=O) groups is 2. The summed E-state index contributed by atoms with van der Waals surface area (Å²) in [7, 11) is 0. The first kappa shape index (κ1) is 10.2. The van der Waals surface area contributed by atoms with Crippen molar-refractivity contribution >= 4 is 11.8 Å². The number of carbonyl (C=O) groups excluding carboxylic acids is 2. The van der Waals surface area contributed by atoms with Gasteiger partial charge in [-0.25, -0.2) is 11.7 Å². The number of nitrogens with one attached hydrogen (secondary N) is 2. The number of aryl methyl sites for hydroxylation is 1. The molecular formula is C6H9N5O3. The van der Waals surface area contributed by atoms with Crippen molar-refractivity contribution in [1.29, 1.82) is 0 Å². The maximum Gasteiger partial charge on any atom is 0.304 e. The van der Waals surface area contributed by atoms with Crippen LogP contribution in [-0.2, 0) is 0 Å². The Morgan fingerprint density at radius 2 is 1.86 bits per heavy atom. The van der Waals surface area contributed by atoms with Gasteiger partial charge >= 0.3 is 5.91 Å². The molecule has 0 bridgehead atoms. The number of hydrogen-bond acceptors (Lipinski definition) is 6. The standard InChI is InChI=1S/C6H9N5O3/c1-2-3(5(12)9-7)4(14-11-2)6(13)10-8/h7-8H2,1H3,(H,9,12)(H,10,13). The second-order valence-corrected chi connectivity index (χ2v) is 2.42. The number of nitrogens with zero attached hydrogens (tertiary/aromatic N) is 1. The fraction of sp³-hybridized carbons (Fsp3) is 0.167. The summed E-state index contributed by atoms with van der Waals surface area (Å²) in [5, 5.41) is 3.45. The summed E-state index contributed by atoms with van der Waals surface area (Å²) in [5.41, 5.74) is 3.91. The molecule has 1 aromatic heterocycles. The van der Waals surface area contributed by atoms with E-state index in [9.17, 15) is 9.59 Å². The first-order valence-corrected chi connectivity index (χ1v) is 3.60. The molecule has 0 unspecified atom stereocenters. The fourth-order valence-corrected chi connectivity index (χ4v) is 0.930. The zero-order valence-corrected chi connectivity index (χ0v) is 7.33. The van der Waals surface area contributed by atoms with Crippen LogP contribution in [0.4, 0.5) is 0 Å². The highest BCUT2D eigenvalue weighted by Crippen LogP contribution is 2.12. The molecule has 8 nitrogen and oxygen atoms in total. The van der Waals surface area contributed by atoms with Gasteiger partial charge in [-0.2, -0.15) is 0 Å². The van der Waals surface area contributed by atoms with E-state index < -0.39 is 11.8 Å². The summed E-state index contributed by atoms with van der Waals surface area (Å²) in [6.45, 7) is 1.50. The SMILES string of the molecule is Cc1noc(C(=O)NN)c1C(=O)NN. The number of rotatable bonds is 2. The number of nitrogen functional groups attached to an aromatic ring is 2. The van der Waals surface area contributed by atoms with Crippen LogP contribution in [0.5, 0.6) is 0 Å². The van der Waals surface area contributed by atoms with E-state index in [1.54, 1.807) is 0 Å². The van der Waals surface area contributed by atoms with Crippen LogP contribution in [0.15, 0.2) is 4.52 Å². The predicted molar refractivity (Wildman–Crippen MR) is 44.5 cm³/mol. The van der Waals surface area contributed by atoms with E-state index >= 15 is 0 Å². The highest BCUT2D eigenvalue weighted by atomic mass is 16.5. The number of hydrazine groups is 2. The van der Waals surface area contributed by atoms with Crippen molar-refractivity contribution in [2.24, 2.45) is 11.7 Å². The van der Waals surface area contributed by atoms with Crippen molar-refractivity contribution in [2.75, 3.05) is 0 Å². The lowest BCUT2D eigenvalue weighted by Crippen LogP contribution is -2.34. The Bertz CT molecular complexity index is 372. The van der Waals surface area contributed by atoms with Gasteiger partial charge in [-0.05, 0) is 6.92 Å². The average Bonchev–Trinajstić information content (AvgIpc) is 2.58. The zero-order valence-electron chi connectivity index (χ0n) is 7.33. The minimum atomic E-state index is -0.746. The molecule has 0 spiro atoms. The smallest absolute Gasteiger partial charge is 0.304 e. The first-order chi connectivity index (χ1) is 6.61. The van der Waals surface area contributed by atoms with Crippen molar-refractivity contribution < 1.29 is 14.1 Å². The third kappa shape index (κ3) is 1.56. The molecular weight excluding hydrogens is 190 g/mol. The zero-order chi connectivity index (χ0) is 10.7. The van der Waals surface area contributed by atoms with Crippen LogP contribution in [0.25, 0.3) is 0 Å². The van der Waals surface area contributed by atoms with Crippen molar-refractivity contribution in [3.8, 4) is 0 Å². The molecule has 0 saturated heterocycles. The van der Waals surface area contributed by atoms with Crippen molar-refractivity contribution in [3.63, 3.8) is 0 Å². The van der Waals surface area contributed by atoms with Crippen molar-refractivity contribution in [3.05, 3.63) is 17.0 Å². The van der Waals surface area contributed by atoms with Crippen LogP contribution in [0.1, 0.15) is 26.6 Å². The molecule has 14 heavy (non-hydrogen) atoms. The molecule has 1 heterocycles. The van der Waals surface area contributed by atoms with E-state index in [-0.39, 0.29) is 17.0 Å². The van der Waals surface area contributed by atoms with Gasteiger partial charge in [0.15, 0.2) is 0 Å². The Kier molecular flexibility index (Phi) is 2.79. The number of nitrogens with two attached hydrogens (primary N) is 2. The number of amides is 2. The molecule has 0 radical (unpaired) electrons. The van der Waals surface area contributed by atoms with Gasteiger partial charge in [0.2, 0.25) is 5.76 Å². The topological polar surface area (TPSA) is 136 Å². The van der Waals surface area contributed by atoms with Crippen LogP contribution >= 0.6 is 0 Å². The van der Waals surface area contributed by atoms with Crippen molar-refractivity contribution in [1.82, 2.24) is 16.0 Å². The normalized spacial score (nSPS) is 9.64. The molecule has 0 atom stereocenters. The average molecular weight is 199 g/mol. The van der Waals surface area contributed by atoms with E-state index in [0.717, 1.165) is 0 Å². The minimum Gasteiger partial charge on any atom is -0.350 e. The highest BCUT2D eigenvalue weighted by Gasteiger charge is 2.24. The third-order valence-corrected chi connectivity index (χ3v) is 1.56. The molecule has 8 heteroatoms. The molecule has 0 aliphatic heterocycles. The molecule has 2 amide bonds. The maximum absolute atomic E-state index is 11.2. The van der Waals surface area contributed by atoms with E-state index in [2.05, 4.69) is 9.68 Å². The molecule has 0 aliphatic carbocycles. The van der Waals surface area contributed by atoms with Crippen molar-refractivity contribution in [2.45, 2.75) is 6.92 Å². The highest BCUT2D eigenvalue weighted by molar-refractivity contribution is 6.05. The Hall–Kier alpha value is -1.93. The van der Waals surface area contributed by atoms with E-state index in [1.165, 1.54) is 6.92 Å². The summed E-state index contributed by atoms with van der Waals surface area (Å²) in [5.74, 6) is 8.10. The van der Waals surface area contributed by atoms with E-state index in [0.29, 0.717) is 0 Å². The predicted octanol–water partition coefficient (Wildman–Crippen LogP) is -1.81. The van der Waals surface area contributed by atoms with Crippen LogP contribution in [-0.4, -0.2) is 17.0 Å². The monoisotopic (exact) mass is 199 g/mol. The molecule has 76 valence electrons. The molecule has 0 saturated carbocycles. The lowest BCUT2D eigenvalue weighted by molar-refractivity contribution is 0.0892. The van der Waals surface area contributed by atoms with Gasteiger partial charge in [0.1, 0.15) is 5.56 Å². The second-order valence-electron chi connectivity index (χ2n) is 2.42. The van der Waals surface area contributed by atoms with Crippen LogP contribution in [0.3, 0.4) is 0 Å².